The summed E-state index contributed by atoms with van der Waals surface area (Å²) in [5.74, 6) is -0.806. The first-order valence-corrected chi connectivity index (χ1v) is 8.02. The van der Waals surface area contributed by atoms with Crippen LogP contribution >= 0.6 is 11.6 Å². The number of halogens is 2. The molecule has 2 atom stereocenters. The number of aryl methyl sites for hydroxylation is 1. The third-order valence-corrected chi connectivity index (χ3v) is 4.40. The molecule has 0 saturated heterocycles. The second-order valence-corrected chi connectivity index (χ2v) is 6.23. The van der Waals surface area contributed by atoms with Gasteiger partial charge >= 0.3 is 0 Å². The number of benzene rings is 2. The average molecular weight is 333 g/mol. The fraction of sp³-hybridized carbons (Fsp3) is 0.278. The fourth-order valence-electron chi connectivity index (χ4n) is 2.94. The molecule has 23 heavy (non-hydrogen) atoms. The van der Waals surface area contributed by atoms with Gasteiger partial charge < -0.3 is 5.32 Å². The lowest BCUT2D eigenvalue weighted by molar-refractivity contribution is -0.118. The van der Waals surface area contributed by atoms with Crippen molar-refractivity contribution in [2.24, 2.45) is 0 Å². The third kappa shape index (κ3) is 3.54. The Labute approximate surface area is 139 Å². The number of carbonyl (C=O) groups excluding carboxylic acids is 1. The lowest BCUT2D eigenvalue weighted by Crippen LogP contribution is -2.39. The van der Waals surface area contributed by atoms with Gasteiger partial charge in [0, 0.05) is 11.1 Å². The molecule has 1 aliphatic carbocycles. The van der Waals surface area contributed by atoms with Crippen molar-refractivity contribution in [3.63, 3.8) is 0 Å². The molecule has 0 bridgehead atoms. The van der Waals surface area contributed by atoms with Gasteiger partial charge in [0.2, 0.25) is 5.91 Å². The van der Waals surface area contributed by atoms with Gasteiger partial charge in [-0.1, -0.05) is 35.9 Å². The summed E-state index contributed by atoms with van der Waals surface area (Å²) in [5.41, 5.74) is 2.70. The van der Waals surface area contributed by atoms with E-state index < -0.39 is 11.9 Å². The fourth-order valence-corrected chi connectivity index (χ4v) is 3.10. The van der Waals surface area contributed by atoms with Gasteiger partial charge in [-0.05, 0) is 49.1 Å². The maximum atomic E-state index is 13.8. The van der Waals surface area contributed by atoms with Crippen LogP contribution in [-0.4, -0.2) is 11.9 Å². The van der Waals surface area contributed by atoms with Gasteiger partial charge in [0.25, 0.3) is 0 Å². The summed E-state index contributed by atoms with van der Waals surface area (Å²) in [6.45, 7) is 1.78. The highest BCUT2D eigenvalue weighted by Gasteiger charge is 2.25. The summed E-state index contributed by atoms with van der Waals surface area (Å²) in [5, 5.41) is 6.23. The molecule has 1 aliphatic rings. The van der Waals surface area contributed by atoms with Crippen molar-refractivity contribution in [1.29, 1.82) is 0 Å². The number of rotatable bonds is 4. The number of carbonyl (C=O) groups is 1. The van der Waals surface area contributed by atoms with E-state index in [0.29, 0.717) is 5.02 Å². The van der Waals surface area contributed by atoms with E-state index in [1.807, 2.05) is 12.1 Å². The number of nitrogens with one attached hydrogen (secondary N) is 2. The van der Waals surface area contributed by atoms with Crippen molar-refractivity contribution in [1.82, 2.24) is 5.32 Å². The second-order valence-electron chi connectivity index (χ2n) is 5.79. The van der Waals surface area contributed by atoms with Crippen molar-refractivity contribution >= 4 is 23.2 Å². The Kier molecular flexibility index (Phi) is 4.64. The van der Waals surface area contributed by atoms with Gasteiger partial charge in [-0.3, -0.25) is 10.1 Å². The molecule has 0 spiro atoms. The van der Waals surface area contributed by atoms with E-state index in [1.165, 1.54) is 23.3 Å². The summed E-state index contributed by atoms with van der Waals surface area (Å²) in [6.07, 6.45) is 1.97. The molecule has 0 radical (unpaired) electrons. The van der Waals surface area contributed by atoms with E-state index in [1.54, 1.807) is 13.0 Å². The summed E-state index contributed by atoms with van der Waals surface area (Å²) in [7, 11) is 0. The number of fused-ring (bicyclic) bond motifs is 1. The largest absolute Gasteiger partial charge is 0.322 e. The molecule has 0 unspecified atom stereocenters. The quantitative estimate of drug-likeness (QED) is 0.885. The van der Waals surface area contributed by atoms with Crippen molar-refractivity contribution in [3.05, 3.63) is 64.4 Å². The SMILES string of the molecule is C[C@@H](N[C@@H]1CCc2ccccc21)C(=O)Nc1ccc(Cl)cc1F. The van der Waals surface area contributed by atoms with Gasteiger partial charge in [0.15, 0.2) is 0 Å². The molecule has 2 aromatic carbocycles. The Balaban J connectivity index is 1.64. The molecule has 0 aliphatic heterocycles. The molecule has 0 aromatic heterocycles. The highest BCUT2D eigenvalue weighted by atomic mass is 35.5. The molecule has 120 valence electrons. The molecular formula is C18H18ClFN2O. The summed E-state index contributed by atoms with van der Waals surface area (Å²) < 4.78 is 13.8. The topological polar surface area (TPSA) is 41.1 Å². The van der Waals surface area contributed by atoms with Crippen LogP contribution in [0.3, 0.4) is 0 Å². The zero-order valence-corrected chi connectivity index (χ0v) is 13.5. The summed E-state index contributed by atoms with van der Waals surface area (Å²) in [6, 6.07) is 12.2. The minimum Gasteiger partial charge on any atom is -0.322 e. The van der Waals surface area contributed by atoms with Crippen LogP contribution in [0.15, 0.2) is 42.5 Å². The van der Waals surface area contributed by atoms with Crippen LogP contribution in [0.25, 0.3) is 0 Å². The minimum atomic E-state index is -0.538. The van der Waals surface area contributed by atoms with Crippen LogP contribution in [0, 0.1) is 5.82 Å². The Morgan fingerprint density at radius 1 is 1.30 bits per heavy atom. The molecule has 0 saturated carbocycles. The van der Waals surface area contributed by atoms with Gasteiger partial charge in [-0.2, -0.15) is 0 Å². The van der Waals surface area contributed by atoms with Crippen molar-refractivity contribution in [2.45, 2.75) is 31.8 Å². The predicted octanol–water partition coefficient (Wildman–Crippen LogP) is 4.08. The van der Waals surface area contributed by atoms with Crippen molar-refractivity contribution < 1.29 is 9.18 Å². The van der Waals surface area contributed by atoms with E-state index in [0.717, 1.165) is 12.8 Å². The summed E-state index contributed by atoms with van der Waals surface area (Å²) in [4.78, 5) is 12.3. The Hall–Kier alpha value is -1.91. The number of hydrogen-bond donors (Lipinski definition) is 2. The molecule has 3 rings (SSSR count). The average Bonchev–Trinajstić information content (AvgIpc) is 2.93. The maximum absolute atomic E-state index is 13.8. The van der Waals surface area contributed by atoms with Gasteiger partial charge in [0.05, 0.1) is 11.7 Å². The van der Waals surface area contributed by atoms with Gasteiger partial charge in [-0.25, -0.2) is 4.39 Å². The van der Waals surface area contributed by atoms with Crippen LogP contribution in [0.1, 0.15) is 30.5 Å². The van der Waals surface area contributed by atoms with E-state index in [-0.39, 0.29) is 17.6 Å². The maximum Gasteiger partial charge on any atom is 0.241 e. The predicted molar refractivity (Wildman–Crippen MR) is 90.1 cm³/mol. The van der Waals surface area contributed by atoms with E-state index in [9.17, 15) is 9.18 Å². The van der Waals surface area contributed by atoms with Crippen molar-refractivity contribution in [2.75, 3.05) is 5.32 Å². The number of anilines is 1. The van der Waals surface area contributed by atoms with E-state index in [4.69, 9.17) is 11.6 Å². The smallest absolute Gasteiger partial charge is 0.241 e. The Bertz CT molecular complexity index is 735. The van der Waals surface area contributed by atoms with Crippen LogP contribution < -0.4 is 10.6 Å². The van der Waals surface area contributed by atoms with Crippen LogP contribution in [-0.2, 0) is 11.2 Å². The van der Waals surface area contributed by atoms with Crippen molar-refractivity contribution in [3.8, 4) is 0 Å². The highest BCUT2D eigenvalue weighted by Crippen LogP contribution is 2.31. The van der Waals surface area contributed by atoms with Crippen LogP contribution in [0.4, 0.5) is 10.1 Å². The number of hydrogen-bond acceptors (Lipinski definition) is 2. The first-order valence-electron chi connectivity index (χ1n) is 7.64. The number of amides is 1. The third-order valence-electron chi connectivity index (χ3n) is 4.17. The van der Waals surface area contributed by atoms with Gasteiger partial charge in [-0.15, -0.1) is 0 Å². The molecule has 0 fully saturated rings. The minimum absolute atomic E-state index is 0.139. The van der Waals surface area contributed by atoms with E-state index in [2.05, 4.69) is 22.8 Å². The molecule has 2 aromatic rings. The Morgan fingerprint density at radius 2 is 2.09 bits per heavy atom. The monoisotopic (exact) mass is 332 g/mol. The lowest BCUT2D eigenvalue weighted by Gasteiger charge is -2.20. The molecule has 0 heterocycles. The standard InChI is InChI=1S/C18H18ClFN2O/c1-11(18(23)22-17-9-7-13(19)10-15(17)20)21-16-8-6-12-4-2-3-5-14(12)16/h2-5,7,9-11,16,21H,6,8H2,1H3,(H,22,23)/t11-,16-/m1/s1. The van der Waals surface area contributed by atoms with Crippen LogP contribution in [0.5, 0.6) is 0 Å². The lowest BCUT2D eigenvalue weighted by atomic mass is 10.1. The van der Waals surface area contributed by atoms with Gasteiger partial charge in [0.1, 0.15) is 5.82 Å². The molecule has 5 heteroatoms. The molecule has 2 N–H and O–H groups in total. The molecule has 1 amide bonds. The first-order chi connectivity index (χ1) is 11.0. The Morgan fingerprint density at radius 3 is 2.87 bits per heavy atom. The normalized spacial score (nSPS) is 17.6. The molecule has 3 nitrogen and oxygen atoms in total. The molecular weight excluding hydrogens is 315 g/mol. The van der Waals surface area contributed by atoms with Crippen LogP contribution in [0.2, 0.25) is 5.02 Å². The summed E-state index contributed by atoms with van der Waals surface area (Å²) >= 11 is 5.71. The van der Waals surface area contributed by atoms with E-state index >= 15 is 0 Å². The highest BCUT2D eigenvalue weighted by molar-refractivity contribution is 6.30. The zero-order chi connectivity index (χ0) is 16.4. The zero-order valence-electron chi connectivity index (χ0n) is 12.8. The first kappa shape index (κ1) is 16.0. The second kappa shape index (κ2) is 6.69.